The molecule has 0 radical (unpaired) electrons. The third-order valence-corrected chi connectivity index (χ3v) is 4.59. The van der Waals surface area contributed by atoms with Crippen molar-refractivity contribution in [1.29, 1.82) is 0 Å². The quantitative estimate of drug-likeness (QED) is 0.371. The van der Waals surface area contributed by atoms with Crippen LogP contribution in [0.5, 0.6) is 0 Å². The van der Waals surface area contributed by atoms with Gasteiger partial charge in [-0.2, -0.15) is 0 Å². The van der Waals surface area contributed by atoms with Crippen LogP contribution in [-0.4, -0.2) is 46.6 Å². The molecular weight excluding hydrogens is 311 g/mol. The fourth-order valence-corrected chi connectivity index (χ4v) is 3.79. The summed E-state index contributed by atoms with van der Waals surface area (Å²) in [7, 11) is 0. The Morgan fingerprint density at radius 1 is 1.48 bits per heavy atom. The average molecular weight is 324 g/mol. The molecule has 1 saturated heterocycles. The molecule has 0 aromatic rings. The van der Waals surface area contributed by atoms with Crippen molar-refractivity contribution < 1.29 is 58.9 Å². The van der Waals surface area contributed by atoms with E-state index >= 15 is 0 Å². The van der Waals surface area contributed by atoms with E-state index in [9.17, 15) is 19.5 Å². The van der Waals surface area contributed by atoms with Crippen LogP contribution in [0.4, 0.5) is 4.79 Å². The van der Waals surface area contributed by atoms with Gasteiger partial charge in [0.05, 0.1) is 29.6 Å². The Morgan fingerprint density at radius 2 is 2.14 bits per heavy atom. The maximum absolute atomic E-state index is 11.8. The van der Waals surface area contributed by atoms with Gasteiger partial charge in [0, 0.05) is 17.9 Å². The van der Waals surface area contributed by atoms with Crippen LogP contribution in [0.2, 0.25) is 0 Å². The van der Waals surface area contributed by atoms with E-state index in [0.717, 1.165) is 0 Å². The van der Waals surface area contributed by atoms with Crippen molar-refractivity contribution in [2.75, 3.05) is 13.2 Å². The number of carbonyl (C=O) groups excluding carboxylic acids is 3. The van der Waals surface area contributed by atoms with Gasteiger partial charge in [-0.15, -0.1) is 11.8 Å². The Bertz CT molecular complexity index is 497. The van der Waals surface area contributed by atoms with E-state index in [1.165, 1.54) is 16.7 Å². The molecule has 2 heterocycles. The van der Waals surface area contributed by atoms with Crippen LogP contribution in [0, 0.1) is 5.92 Å². The molecule has 0 unspecified atom stereocenters. The van der Waals surface area contributed by atoms with Gasteiger partial charge in [0.15, 0.2) is 0 Å². The van der Waals surface area contributed by atoms with Crippen molar-refractivity contribution in [3.63, 3.8) is 0 Å². The number of fused-ring (bicyclic) bond motifs is 1. The number of aliphatic hydroxyl groups is 1. The Balaban J connectivity index is 0.00000220. The van der Waals surface area contributed by atoms with Crippen LogP contribution in [0.25, 0.3) is 0 Å². The molecule has 2 aliphatic heterocycles. The maximum atomic E-state index is 11.8. The van der Waals surface area contributed by atoms with Gasteiger partial charge in [0.2, 0.25) is 5.91 Å². The van der Waals surface area contributed by atoms with Gasteiger partial charge in [0.1, 0.15) is 0 Å². The van der Waals surface area contributed by atoms with E-state index in [1.807, 2.05) is 0 Å². The maximum Gasteiger partial charge on any atom is 1.00 e. The summed E-state index contributed by atoms with van der Waals surface area (Å²) < 4.78 is 4.56. The summed E-state index contributed by atoms with van der Waals surface area (Å²) in [5.74, 6) is -2.17. The molecule has 0 saturated carbocycles. The van der Waals surface area contributed by atoms with E-state index < -0.39 is 18.0 Å². The summed E-state index contributed by atoms with van der Waals surface area (Å²) in [5.41, 5.74) is 4.64. The number of carboxylic acids is 1. The van der Waals surface area contributed by atoms with Gasteiger partial charge in [-0.25, -0.2) is 4.79 Å². The van der Waals surface area contributed by atoms with Gasteiger partial charge >= 0.3 is 35.7 Å². The predicted molar refractivity (Wildman–Crippen MR) is 65.6 cm³/mol. The van der Waals surface area contributed by atoms with E-state index in [0.29, 0.717) is 11.3 Å². The molecule has 0 aromatic carbocycles. The van der Waals surface area contributed by atoms with Crippen LogP contribution >= 0.6 is 11.8 Å². The van der Waals surface area contributed by atoms with Gasteiger partial charge in [-0.05, 0) is 6.42 Å². The molecule has 110 valence electrons. The molecule has 21 heavy (non-hydrogen) atoms. The second-order valence-electron chi connectivity index (χ2n) is 4.31. The topological polar surface area (TPSA) is 133 Å². The Labute approximate surface area is 147 Å². The number of hydrogen-bond acceptors (Lipinski definition) is 7. The van der Waals surface area contributed by atoms with Crippen LogP contribution in [0.3, 0.4) is 0 Å². The number of primary amides is 1. The molecule has 0 bridgehead atoms. The number of nitrogens with two attached hydrogens (primary N) is 1. The van der Waals surface area contributed by atoms with Crippen molar-refractivity contribution in [3.05, 3.63) is 10.6 Å². The number of aliphatic carboxylic acids is 1. The number of aliphatic hydroxyl groups excluding tert-OH is 1. The number of carbonyl (C=O) groups is 3. The third-order valence-electron chi connectivity index (χ3n) is 3.13. The van der Waals surface area contributed by atoms with Crippen molar-refractivity contribution in [1.82, 2.24) is 4.90 Å². The number of carboxylic acid groups (broad SMARTS) is 1. The molecule has 0 spiro atoms. The normalized spacial score (nSPS) is 23.3. The molecule has 2 rings (SSSR count). The average Bonchev–Trinajstić information content (AvgIpc) is 2.71. The molecular formula is C11H13N2NaO6S. The SMILES string of the molecule is NC(=O)OCCC1=C(C(=O)[O-])N2C(=O)[C@H](CCO)[C@H]2S1.[Na+]. The standard InChI is InChI=1S/C11H14N2O6S.Na/c12-11(18)19-4-2-6-7(10(16)17)13-8(15)5(1-3-14)9(13)20-6;/h5,9,14H,1-4H2,(H2,12,18)(H,16,17);/q;+1/p-1/t5-,9+;/m0./s1. The number of nitrogens with zero attached hydrogens (tertiary/aromatic N) is 1. The second-order valence-corrected chi connectivity index (χ2v) is 5.52. The molecule has 2 aliphatic rings. The molecule has 10 heteroatoms. The van der Waals surface area contributed by atoms with E-state index in [2.05, 4.69) is 4.74 Å². The van der Waals surface area contributed by atoms with Crippen molar-refractivity contribution in [3.8, 4) is 0 Å². The molecule has 3 N–H and O–H groups in total. The van der Waals surface area contributed by atoms with Gasteiger partial charge in [0.25, 0.3) is 0 Å². The molecule has 0 aromatic heterocycles. The Hall–Kier alpha value is -0.740. The zero-order chi connectivity index (χ0) is 14.9. The first-order chi connectivity index (χ1) is 9.47. The summed E-state index contributed by atoms with van der Waals surface area (Å²) in [4.78, 5) is 35.1. The van der Waals surface area contributed by atoms with Crippen LogP contribution < -0.4 is 40.4 Å². The number of amides is 2. The fourth-order valence-electron chi connectivity index (χ4n) is 2.27. The van der Waals surface area contributed by atoms with E-state index in [4.69, 9.17) is 10.8 Å². The van der Waals surface area contributed by atoms with Gasteiger partial charge in [-0.3, -0.25) is 9.69 Å². The Kier molecular flexibility index (Phi) is 6.54. The molecule has 1 fully saturated rings. The number of ether oxygens (including phenoxy) is 1. The van der Waals surface area contributed by atoms with Crippen molar-refractivity contribution >= 4 is 29.7 Å². The smallest absolute Gasteiger partial charge is 0.543 e. The molecule has 8 nitrogen and oxygen atoms in total. The minimum atomic E-state index is -1.44. The van der Waals surface area contributed by atoms with Gasteiger partial charge < -0.3 is 25.5 Å². The monoisotopic (exact) mass is 324 g/mol. The van der Waals surface area contributed by atoms with Crippen LogP contribution in [-0.2, 0) is 14.3 Å². The summed E-state index contributed by atoms with van der Waals surface area (Å²) in [6, 6.07) is 0. The van der Waals surface area contributed by atoms with Crippen LogP contribution in [0.1, 0.15) is 12.8 Å². The molecule has 2 amide bonds. The molecule has 2 atom stereocenters. The summed E-state index contributed by atoms with van der Waals surface area (Å²) in [5, 5.41) is 19.7. The Morgan fingerprint density at radius 3 is 2.67 bits per heavy atom. The predicted octanol–water partition coefficient (Wildman–Crippen LogP) is -4.65. The zero-order valence-electron chi connectivity index (χ0n) is 11.4. The largest absolute Gasteiger partial charge is 1.00 e. The number of thioether (sulfide) groups is 1. The van der Waals surface area contributed by atoms with Crippen LogP contribution in [0.15, 0.2) is 10.6 Å². The first-order valence-corrected chi connectivity index (χ1v) is 6.82. The first kappa shape index (κ1) is 18.3. The van der Waals surface area contributed by atoms with E-state index in [1.54, 1.807) is 0 Å². The zero-order valence-corrected chi connectivity index (χ0v) is 14.2. The summed E-state index contributed by atoms with van der Waals surface area (Å²) in [6.45, 7) is -0.198. The summed E-state index contributed by atoms with van der Waals surface area (Å²) in [6.07, 6.45) is -0.498. The van der Waals surface area contributed by atoms with E-state index in [-0.39, 0.29) is 66.2 Å². The fraction of sp³-hybridized carbons (Fsp3) is 0.545. The third kappa shape index (κ3) is 3.54. The summed E-state index contributed by atoms with van der Waals surface area (Å²) >= 11 is 1.22. The van der Waals surface area contributed by atoms with Gasteiger partial charge in [-0.1, -0.05) is 0 Å². The second kappa shape index (κ2) is 7.50. The minimum absolute atomic E-state index is 0. The number of β-lactam (4-membered cyclic amide) rings is 1. The number of rotatable bonds is 6. The molecule has 0 aliphatic carbocycles. The first-order valence-electron chi connectivity index (χ1n) is 5.94. The van der Waals surface area contributed by atoms with Crippen molar-refractivity contribution in [2.24, 2.45) is 11.7 Å². The van der Waals surface area contributed by atoms with Crippen molar-refractivity contribution in [2.45, 2.75) is 18.2 Å². The minimum Gasteiger partial charge on any atom is -0.543 e. The number of hydrogen-bond donors (Lipinski definition) is 2.